The SMILES string of the molecule is CCOC(=O)N(N(CCCl)S(C)(=O)=O)S(C)(=O)=O. The Balaban J connectivity index is 5.61. The largest absolute Gasteiger partial charge is 0.448 e. The second kappa shape index (κ2) is 6.55. The average molecular weight is 323 g/mol. The Labute approximate surface area is 112 Å². The summed E-state index contributed by atoms with van der Waals surface area (Å²) >= 11 is 5.40. The molecule has 0 aromatic carbocycles. The lowest BCUT2D eigenvalue weighted by molar-refractivity contribution is 0.0876. The first-order valence-electron chi connectivity index (χ1n) is 4.76. The fraction of sp³-hybridized carbons (Fsp3) is 0.857. The summed E-state index contributed by atoms with van der Waals surface area (Å²) in [6, 6.07) is 0. The second-order valence-corrected chi connectivity index (χ2v) is 7.28. The van der Waals surface area contributed by atoms with Crippen molar-refractivity contribution in [3.05, 3.63) is 0 Å². The van der Waals surface area contributed by atoms with Crippen molar-refractivity contribution >= 4 is 37.7 Å². The fourth-order valence-electron chi connectivity index (χ4n) is 1.03. The van der Waals surface area contributed by atoms with Crippen LogP contribution in [-0.4, -0.2) is 63.3 Å². The van der Waals surface area contributed by atoms with E-state index in [2.05, 4.69) is 4.74 Å². The minimum Gasteiger partial charge on any atom is -0.448 e. The molecule has 18 heavy (non-hydrogen) atoms. The highest BCUT2D eigenvalue weighted by Crippen LogP contribution is 2.12. The second-order valence-electron chi connectivity index (χ2n) is 3.20. The van der Waals surface area contributed by atoms with Gasteiger partial charge in [0.15, 0.2) is 0 Å². The van der Waals surface area contributed by atoms with Crippen molar-refractivity contribution in [2.45, 2.75) is 6.92 Å². The van der Waals surface area contributed by atoms with Crippen molar-refractivity contribution in [3.8, 4) is 0 Å². The van der Waals surface area contributed by atoms with Gasteiger partial charge in [0.2, 0.25) is 10.0 Å². The molecular formula is C7H15ClN2O6S2. The summed E-state index contributed by atoms with van der Waals surface area (Å²) in [4.78, 5) is 11.5. The number of carbonyl (C=O) groups excluding carboxylic acids is 1. The number of carbonyl (C=O) groups is 1. The van der Waals surface area contributed by atoms with Crippen LogP contribution in [0.5, 0.6) is 0 Å². The van der Waals surface area contributed by atoms with E-state index in [-0.39, 0.29) is 23.4 Å². The number of sulfonamides is 2. The van der Waals surface area contributed by atoms with Crippen LogP contribution < -0.4 is 0 Å². The van der Waals surface area contributed by atoms with Gasteiger partial charge < -0.3 is 4.74 Å². The van der Waals surface area contributed by atoms with E-state index in [0.29, 0.717) is 10.7 Å². The van der Waals surface area contributed by atoms with Crippen molar-refractivity contribution in [1.29, 1.82) is 0 Å². The zero-order valence-corrected chi connectivity index (χ0v) is 12.5. The highest BCUT2D eigenvalue weighted by Gasteiger charge is 2.36. The number of hydrogen-bond acceptors (Lipinski definition) is 6. The number of amides is 1. The third-order valence-corrected chi connectivity index (χ3v) is 3.96. The van der Waals surface area contributed by atoms with Crippen molar-refractivity contribution in [2.24, 2.45) is 0 Å². The molecule has 0 N–H and O–H groups in total. The Morgan fingerprint density at radius 1 is 1.17 bits per heavy atom. The standard InChI is InChI=1S/C7H15ClN2O6S2/c1-4-16-7(11)10(18(3,14)15)9(6-5-8)17(2,12)13/h4-6H2,1-3H3. The molecule has 0 radical (unpaired) electrons. The molecule has 11 heteroatoms. The van der Waals surface area contributed by atoms with E-state index >= 15 is 0 Å². The summed E-state index contributed by atoms with van der Waals surface area (Å²) < 4.78 is 50.8. The summed E-state index contributed by atoms with van der Waals surface area (Å²) in [6.45, 7) is 1.00. The highest BCUT2D eigenvalue weighted by molar-refractivity contribution is 7.91. The number of hydrogen-bond donors (Lipinski definition) is 0. The molecule has 8 nitrogen and oxygen atoms in total. The van der Waals surface area contributed by atoms with Crippen LogP contribution in [0.15, 0.2) is 0 Å². The van der Waals surface area contributed by atoms with Crippen LogP contribution in [0.2, 0.25) is 0 Å². The number of halogens is 1. The van der Waals surface area contributed by atoms with Crippen LogP contribution in [0.1, 0.15) is 6.92 Å². The van der Waals surface area contributed by atoms with Gasteiger partial charge in [0.25, 0.3) is 10.0 Å². The van der Waals surface area contributed by atoms with Crippen LogP contribution >= 0.6 is 11.6 Å². The molecule has 0 fully saturated rings. The van der Waals surface area contributed by atoms with Gasteiger partial charge in [-0.05, 0) is 6.92 Å². The fourth-order valence-corrected chi connectivity index (χ4v) is 3.52. The smallest absolute Gasteiger partial charge is 0.439 e. The summed E-state index contributed by atoms with van der Waals surface area (Å²) in [5.41, 5.74) is 0. The van der Waals surface area contributed by atoms with Gasteiger partial charge in [0.1, 0.15) is 0 Å². The molecule has 0 atom stereocenters. The van der Waals surface area contributed by atoms with Crippen molar-refractivity contribution in [2.75, 3.05) is 31.5 Å². The third kappa shape index (κ3) is 4.96. The first-order chi connectivity index (χ1) is 8.05. The van der Waals surface area contributed by atoms with Crippen LogP contribution in [0, 0.1) is 0 Å². The number of rotatable bonds is 6. The molecule has 108 valence electrons. The molecule has 0 aliphatic heterocycles. The zero-order valence-electron chi connectivity index (χ0n) is 10.2. The van der Waals surface area contributed by atoms with Gasteiger partial charge in [0, 0.05) is 12.4 Å². The maximum Gasteiger partial charge on any atom is 0.439 e. The number of ether oxygens (including phenoxy) is 1. The topological polar surface area (TPSA) is 101 Å². The molecule has 0 unspecified atom stereocenters. The van der Waals surface area contributed by atoms with Crippen LogP contribution in [0.4, 0.5) is 4.79 Å². The summed E-state index contributed by atoms with van der Waals surface area (Å²) in [6.07, 6.45) is 0.156. The molecule has 0 bridgehead atoms. The number of nitrogens with zero attached hydrogens (tertiary/aromatic N) is 2. The Bertz CT molecular complexity index is 488. The Morgan fingerprint density at radius 3 is 1.94 bits per heavy atom. The summed E-state index contributed by atoms with van der Waals surface area (Å²) in [5, 5.41) is 0. The van der Waals surface area contributed by atoms with Gasteiger partial charge in [-0.2, -0.15) is 0 Å². The first kappa shape index (κ1) is 17.4. The van der Waals surface area contributed by atoms with Gasteiger partial charge in [-0.25, -0.2) is 21.6 Å². The molecule has 0 saturated carbocycles. The normalized spacial score (nSPS) is 12.5. The third-order valence-electron chi connectivity index (χ3n) is 1.60. The molecule has 0 spiro atoms. The molecule has 0 rings (SSSR count). The van der Waals surface area contributed by atoms with E-state index in [9.17, 15) is 21.6 Å². The number of alkyl halides is 1. The Kier molecular flexibility index (Phi) is 6.34. The molecule has 0 aromatic rings. The maximum atomic E-state index is 11.5. The van der Waals surface area contributed by atoms with Gasteiger partial charge >= 0.3 is 6.09 Å². The molecule has 0 saturated heterocycles. The maximum absolute atomic E-state index is 11.5. The van der Waals surface area contributed by atoms with Crippen molar-refractivity contribution < 1.29 is 26.4 Å². The van der Waals surface area contributed by atoms with Gasteiger partial charge in [-0.3, -0.25) is 0 Å². The van der Waals surface area contributed by atoms with Gasteiger partial charge in [-0.1, -0.05) is 4.41 Å². The highest BCUT2D eigenvalue weighted by atomic mass is 35.5. The van der Waals surface area contributed by atoms with E-state index in [1.165, 1.54) is 6.92 Å². The Morgan fingerprint density at radius 2 is 1.67 bits per heavy atom. The first-order valence-corrected chi connectivity index (χ1v) is 8.99. The number of hydrazine groups is 1. The van der Waals surface area contributed by atoms with E-state index in [1.54, 1.807) is 0 Å². The monoisotopic (exact) mass is 322 g/mol. The van der Waals surface area contributed by atoms with E-state index in [1.807, 2.05) is 0 Å². The molecule has 0 heterocycles. The van der Waals surface area contributed by atoms with Gasteiger partial charge in [-0.15, -0.1) is 16.0 Å². The van der Waals surface area contributed by atoms with Crippen molar-refractivity contribution in [3.63, 3.8) is 0 Å². The van der Waals surface area contributed by atoms with Gasteiger partial charge in [0.05, 0.1) is 19.1 Å². The average Bonchev–Trinajstić information content (AvgIpc) is 2.13. The van der Waals surface area contributed by atoms with E-state index < -0.39 is 26.1 Å². The minimum absolute atomic E-state index is 0.0498. The van der Waals surface area contributed by atoms with Crippen molar-refractivity contribution in [1.82, 2.24) is 8.83 Å². The lowest BCUT2D eigenvalue weighted by Gasteiger charge is -2.29. The molecular weight excluding hydrogens is 308 g/mol. The van der Waals surface area contributed by atoms with E-state index in [0.717, 1.165) is 6.26 Å². The van der Waals surface area contributed by atoms with E-state index in [4.69, 9.17) is 11.6 Å². The lowest BCUT2D eigenvalue weighted by atomic mass is 10.8. The van der Waals surface area contributed by atoms with Crippen LogP contribution in [-0.2, 0) is 24.8 Å². The molecule has 0 aliphatic carbocycles. The predicted molar refractivity (Wildman–Crippen MR) is 66.0 cm³/mol. The minimum atomic E-state index is -4.14. The van der Waals surface area contributed by atoms with Crippen LogP contribution in [0.3, 0.4) is 0 Å². The quantitative estimate of drug-likeness (QED) is 0.496. The zero-order chi connectivity index (χ0) is 14.6. The summed E-state index contributed by atoms with van der Waals surface area (Å²) in [7, 11) is -8.12. The molecule has 1 amide bonds. The molecule has 0 aliphatic rings. The van der Waals surface area contributed by atoms with Crippen LogP contribution in [0.25, 0.3) is 0 Å². The summed E-state index contributed by atoms with van der Waals surface area (Å²) in [5.74, 6) is -0.182. The lowest BCUT2D eigenvalue weighted by Crippen LogP contribution is -2.52. The molecule has 0 aromatic heterocycles. The Hall–Kier alpha value is -0.580. The predicted octanol–water partition coefficient (Wildman–Crippen LogP) is -0.180.